The zero-order valence-corrected chi connectivity index (χ0v) is 24.8. The summed E-state index contributed by atoms with van der Waals surface area (Å²) in [6.45, 7) is 0. The molecule has 0 amide bonds. The molecule has 0 N–H and O–H groups in total. The number of allylic oxidation sites excluding steroid dienone is 3. The molecule has 0 bridgehead atoms. The van der Waals surface area contributed by atoms with E-state index in [0.717, 1.165) is 23.5 Å². The van der Waals surface area contributed by atoms with Gasteiger partial charge in [-0.1, -0.05) is 115 Å². The standard InChI is InChI=1S/C43H30N2/c1-3-11-30(12-4-1)33-21-23-37(29-33)44(34-16-5-2-6-17-34)35-24-26-36(27-25-35)45-40-20-10-15-32-14-9-19-39(42(32)40)43-38-18-8-7-13-31(38)22-28-41(43)45/h1-22,24-29H,23H2. The number of benzene rings is 7. The third kappa shape index (κ3) is 4.18. The van der Waals surface area contributed by atoms with Crippen molar-refractivity contribution in [1.82, 2.24) is 0 Å². The van der Waals surface area contributed by atoms with Crippen LogP contribution in [0.25, 0.3) is 38.2 Å². The molecule has 7 aromatic rings. The monoisotopic (exact) mass is 574 g/mol. The molecule has 2 heteroatoms. The van der Waals surface area contributed by atoms with Crippen LogP contribution in [0.4, 0.5) is 28.4 Å². The summed E-state index contributed by atoms with van der Waals surface area (Å²) in [5, 5.41) is 5.10. The Morgan fingerprint density at radius 3 is 2.02 bits per heavy atom. The van der Waals surface area contributed by atoms with Gasteiger partial charge in [0.15, 0.2) is 0 Å². The highest BCUT2D eigenvalue weighted by Crippen LogP contribution is 2.53. The van der Waals surface area contributed by atoms with Gasteiger partial charge in [-0.3, -0.25) is 0 Å². The lowest BCUT2D eigenvalue weighted by Crippen LogP contribution is -2.17. The first kappa shape index (κ1) is 25.6. The molecule has 0 unspecified atom stereocenters. The van der Waals surface area contributed by atoms with Gasteiger partial charge in [0.2, 0.25) is 0 Å². The van der Waals surface area contributed by atoms with E-state index in [0.29, 0.717) is 0 Å². The van der Waals surface area contributed by atoms with Crippen molar-refractivity contribution >= 4 is 55.6 Å². The summed E-state index contributed by atoms with van der Waals surface area (Å²) in [6, 6.07) is 57.1. The second-order valence-corrected chi connectivity index (χ2v) is 11.7. The van der Waals surface area contributed by atoms with Crippen LogP contribution in [0, 0.1) is 0 Å². The summed E-state index contributed by atoms with van der Waals surface area (Å²) in [5.41, 5.74) is 12.3. The highest BCUT2D eigenvalue weighted by atomic mass is 15.2. The molecule has 2 nitrogen and oxygen atoms in total. The summed E-state index contributed by atoms with van der Waals surface area (Å²) < 4.78 is 0. The van der Waals surface area contributed by atoms with E-state index in [4.69, 9.17) is 0 Å². The Morgan fingerprint density at radius 2 is 1.20 bits per heavy atom. The van der Waals surface area contributed by atoms with Gasteiger partial charge in [0.25, 0.3) is 0 Å². The smallest absolute Gasteiger partial charge is 0.0547 e. The van der Waals surface area contributed by atoms with Gasteiger partial charge < -0.3 is 9.80 Å². The van der Waals surface area contributed by atoms with E-state index < -0.39 is 0 Å². The Kier molecular flexibility index (Phi) is 5.92. The molecule has 1 aliphatic carbocycles. The van der Waals surface area contributed by atoms with Crippen LogP contribution in [0.3, 0.4) is 0 Å². The minimum atomic E-state index is 0.881. The van der Waals surface area contributed by atoms with E-state index in [9.17, 15) is 0 Å². The second-order valence-electron chi connectivity index (χ2n) is 11.7. The Bertz CT molecular complexity index is 2270. The van der Waals surface area contributed by atoms with Crippen LogP contribution in [-0.4, -0.2) is 0 Å². The average molecular weight is 575 g/mol. The molecule has 2 aliphatic rings. The Hall–Kier alpha value is -5.86. The molecule has 7 aromatic carbocycles. The molecule has 0 atom stereocenters. The zero-order valence-electron chi connectivity index (χ0n) is 24.8. The van der Waals surface area contributed by atoms with Crippen molar-refractivity contribution in [2.45, 2.75) is 6.42 Å². The van der Waals surface area contributed by atoms with Gasteiger partial charge in [-0.15, -0.1) is 0 Å². The number of hydrogen-bond acceptors (Lipinski definition) is 2. The van der Waals surface area contributed by atoms with Crippen molar-refractivity contribution in [2.75, 3.05) is 9.80 Å². The Balaban J connectivity index is 1.18. The highest BCUT2D eigenvalue weighted by molar-refractivity contribution is 6.19. The molecule has 0 aromatic heterocycles. The predicted octanol–water partition coefficient (Wildman–Crippen LogP) is 12.0. The van der Waals surface area contributed by atoms with Crippen LogP contribution in [0.15, 0.2) is 176 Å². The van der Waals surface area contributed by atoms with E-state index in [1.165, 1.54) is 60.9 Å². The van der Waals surface area contributed by atoms with Gasteiger partial charge in [-0.2, -0.15) is 0 Å². The fourth-order valence-electron chi connectivity index (χ4n) is 7.16. The summed E-state index contributed by atoms with van der Waals surface area (Å²) in [6.07, 6.45) is 5.55. The lowest BCUT2D eigenvalue weighted by molar-refractivity contribution is 1.10. The number of rotatable bonds is 5. The molecule has 0 saturated heterocycles. The van der Waals surface area contributed by atoms with E-state index in [1.54, 1.807) is 0 Å². The number of para-hydroxylation sites is 1. The lowest BCUT2D eigenvalue weighted by Gasteiger charge is -2.34. The molecular formula is C43H30N2. The van der Waals surface area contributed by atoms with Crippen molar-refractivity contribution in [3.05, 3.63) is 181 Å². The van der Waals surface area contributed by atoms with Gasteiger partial charge in [-0.25, -0.2) is 0 Å². The van der Waals surface area contributed by atoms with E-state index in [1.807, 2.05) is 0 Å². The molecular weight excluding hydrogens is 544 g/mol. The van der Waals surface area contributed by atoms with Crippen LogP contribution < -0.4 is 9.80 Å². The number of hydrogen-bond donors (Lipinski definition) is 0. The minimum absolute atomic E-state index is 0.881. The lowest BCUT2D eigenvalue weighted by atomic mass is 9.87. The average Bonchev–Trinajstić information content (AvgIpc) is 3.60. The first-order valence-corrected chi connectivity index (χ1v) is 15.6. The molecule has 1 heterocycles. The van der Waals surface area contributed by atoms with Crippen LogP contribution in [0.5, 0.6) is 0 Å². The Morgan fingerprint density at radius 1 is 0.511 bits per heavy atom. The van der Waals surface area contributed by atoms with E-state index in [2.05, 4.69) is 180 Å². The van der Waals surface area contributed by atoms with E-state index >= 15 is 0 Å². The third-order valence-corrected chi connectivity index (χ3v) is 9.17. The fourth-order valence-corrected chi connectivity index (χ4v) is 7.16. The second kappa shape index (κ2) is 10.4. The minimum Gasteiger partial charge on any atom is -0.314 e. The third-order valence-electron chi connectivity index (χ3n) is 9.17. The maximum absolute atomic E-state index is 2.44. The molecule has 45 heavy (non-hydrogen) atoms. The predicted molar refractivity (Wildman–Crippen MR) is 191 cm³/mol. The molecule has 1 aliphatic heterocycles. The molecule has 0 fully saturated rings. The maximum atomic E-state index is 2.44. The van der Waals surface area contributed by atoms with Gasteiger partial charge in [0.1, 0.15) is 0 Å². The van der Waals surface area contributed by atoms with Gasteiger partial charge >= 0.3 is 0 Å². The maximum Gasteiger partial charge on any atom is 0.0547 e. The Labute approximate surface area is 263 Å². The summed E-state index contributed by atoms with van der Waals surface area (Å²) in [5.74, 6) is 0. The fraction of sp³-hybridized carbons (Fsp3) is 0.0233. The molecule has 212 valence electrons. The first-order valence-electron chi connectivity index (χ1n) is 15.6. The largest absolute Gasteiger partial charge is 0.314 e. The van der Waals surface area contributed by atoms with E-state index in [-0.39, 0.29) is 0 Å². The number of nitrogens with zero attached hydrogens (tertiary/aromatic N) is 2. The van der Waals surface area contributed by atoms with Gasteiger partial charge in [0.05, 0.1) is 11.4 Å². The van der Waals surface area contributed by atoms with Crippen LogP contribution in [0.2, 0.25) is 0 Å². The molecule has 9 rings (SSSR count). The summed E-state index contributed by atoms with van der Waals surface area (Å²) in [7, 11) is 0. The zero-order chi connectivity index (χ0) is 29.7. The topological polar surface area (TPSA) is 6.48 Å². The van der Waals surface area contributed by atoms with Crippen molar-refractivity contribution in [3.8, 4) is 11.1 Å². The van der Waals surface area contributed by atoms with Crippen LogP contribution in [-0.2, 0) is 0 Å². The molecule has 0 spiro atoms. The van der Waals surface area contributed by atoms with Crippen molar-refractivity contribution in [3.63, 3.8) is 0 Å². The quantitative estimate of drug-likeness (QED) is 0.202. The summed E-state index contributed by atoms with van der Waals surface area (Å²) in [4.78, 5) is 4.83. The number of fused-ring (bicyclic) bond motifs is 4. The van der Waals surface area contributed by atoms with Gasteiger partial charge in [0, 0.05) is 40.1 Å². The van der Waals surface area contributed by atoms with Crippen molar-refractivity contribution in [1.29, 1.82) is 0 Å². The number of anilines is 5. The van der Waals surface area contributed by atoms with Crippen molar-refractivity contribution < 1.29 is 0 Å². The molecule has 0 saturated carbocycles. The normalized spacial score (nSPS) is 13.5. The highest BCUT2D eigenvalue weighted by Gasteiger charge is 2.27. The van der Waals surface area contributed by atoms with Crippen molar-refractivity contribution in [2.24, 2.45) is 0 Å². The van der Waals surface area contributed by atoms with Gasteiger partial charge in [-0.05, 0) is 87.5 Å². The SMILES string of the molecule is C1=C(c2ccccc2)C=C(N(c2ccccc2)c2ccc(N3c4ccc5ccccc5c4-c4cccc5cccc3c45)cc2)C1. The van der Waals surface area contributed by atoms with Crippen LogP contribution >= 0.6 is 0 Å². The summed E-state index contributed by atoms with van der Waals surface area (Å²) >= 11 is 0. The molecule has 0 radical (unpaired) electrons. The van der Waals surface area contributed by atoms with Crippen LogP contribution in [0.1, 0.15) is 12.0 Å². The first-order chi connectivity index (χ1) is 22.3.